The second-order valence-electron chi connectivity index (χ2n) is 4.47. The maximum Gasteiger partial charge on any atom is 0.175 e. The lowest BCUT2D eigenvalue weighted by Gasteiger charge is -2.14. The molecular weight excluding hydrogens is 348 g/mol. The van der Waals surface area contributed by atoms with Gasteiger partial charge in [0.05, 0.1) is 12.3 Å². The van der Waals surface area contributed by atoms with Crippen LogP contribution in [0.1, 0.15) is 12.5 Å². The van der Waals surface area contributed by atoms with Gasteiger partial charge in [0.15, 0.2) is 5.11 Å². The fourth-order valence-corrected chi connectivity index (χ4v) is 2.33. The molecule has 0 unspecified atom stereocenters. The first-order valence-corrected chi connectivity index (χ1v) is 7.86. The summed E-state index contributed by atoms with van der Waals surface area (Å²) in [6, 6.07) is 13.7. The molecule has 0 aliphatic heterocycles. The Bertz CT molecular complexity index is 646. The Morgan fingerprint density at radius 1 is 1.19 bits per heavy atom. The summed E-state index contributed by atoms with van der Waals surface area (Å²) in [6.07, 6.45) is 0. The van der Waals surface area contributed by atoms with E-state index in [1.54, 1.807) is 0 Å². The van der Waals surface area contributed by atoms with Gasteiger partial charge >= 0.3 is 0 Å². The van der Waals surface area contributed by atoms with E-state index in [2.05, 4.69) is 26.6 Å². The van der Waals surface area contributed by atoms with Gasteiger partial charge in [-0.2, -0.15) is 0 Å². The molecule has 110 valence electrons. The number of thiocarbonyl (C=S) groups is 1. The zero-order chi connectivity index (χ0) is 15.2. The lowest BCUT2D eigenvalue weighted by molar-refractivity contribution is 0.342. The average molecular weight is 365 g/mol. The SMILES string of the molecule is CCOc1ccccc1NC(=S)Nc1ccc(Br)c(C)c1. The predicted octanol–water partition coefficient (Wildman–Crippen LogP) is 4.97. The minimum absolute atomic E-state index is 0.531. The van der Waals surface area contributed by atoms with Crippen molar-refractivity contribution in [2.45, 2.75) is 13.8 Å². The molecule has 3 nitrogen and oxygen atoms in total. The number of halogens is 1. The predicted molar refractivity (Wildman–Crippen MR) is 96.3 cm³/mol. The highest BCUT2D eigenvalue weighted by Crippen LogP contribution is 2.24. The molecule has 0 aliphatic carbocycles. The third-order valence-corrected chi connectivity index (χ3v) is 3.94. The molecule has 2 rings (SSSR count). The van der Waals surface area contributed by atoms with Crippen LogP contribution < -0.4 is 15.4 Å². The maximum atomic E-state index is 5.57. The first kappa shape index (κ1) is 15.8. The number of ether oxygens (including phenoxy) is 1. The van der Waals surface area contributed by atoms with Crippen molar-refractivity contribution in [2.75, 3.05) is 17.2 Å². The van der Waals surface area contributed by atoms with E-state index in [0.29, 0.717) is 11.7 Å². The van der Waals surface area contributed by atoms with Crippen LogP contribution in [0.3, 0.4) is 0 Å². The van der Waals surface area contributed by atoms with Crippen molar-refractivity contribution in [3.05, 3.63) is 52.5 Å². The number of rotatable bonds is 4. The highest BCUT2D eigenvalue weighted by Gasteiger charge is 2.05. The lowest BCUT2D eigenvalue weighted by atomic mass is 10.2. The molecule has 2 N–H and O–H groups in total. The van der Waals surface area contributed by atoms with Crippen molar-refractivity contribution in [1.82, 2.24) is 0 Å². The highest BCUT2D eigenvalue weighted by molar-refractivity contribution is 9.10. The van der Waals surface area contributed by atoms with Crippen molar-refractivity contribution in [2.24, 2.45) is 0 Å². The summed E-state index contributed by atoms with van der Waals surface area (Å²) in [7, 11) is 0. The summed E-state index contributed by atoms with van der Waals surface area (Å²) < 4.78 is 6.64. The van der Waals surface area contributed by atoms with Crippen molar-refractivity contribution < 1.29 is 4.74 Å². The Morgan fingerprint density at radius 2 is 1.95 bits per heavy atom. The number of aryl methyl sites for hydroxylation is 1. The van der Waals surface area contributed by atoms with E-state index < -0.39 is 0 Å². The molecule has 2 aromatic rings. The number of nitrogens with one attached hydrogen (secondary N) is 2. The zero-order valence-corrected chi connectivity index (χ0v) is 14.3. The smallest absolute Gasteiger partial charge is 0.175 e. The van der Waals surface area contributed by atoms with E-state index >= 15 is 0 Å². The van der Waals surface area contributed by atoms with Gasteiger partial charge in [-0.3, -0.25) is 0 Å². The first-order chi connectivity index (χ1) is 10.1. The van der Waals surface area contributed by atoms with Gasteiger partial charge in [0.1, 0.15) is 5.75 Å². The van der Waals surface area contributed by atoms with Crippen LogP contribution in [0, 0.1) is 6.92 Å². The van der Waals surface area contributed by atoms with Gasteiger partial charge in [-0.25, -0.2) is 0 Å². The Hall–Kier alpha value is -1.59. The molecule has 0 aromatic heterocycles. The molecule has 21 heavy (non-hydrogen) atoms. The minimum atomic E-state index is 0.531. The molecule has 0 bridgehead atoms. The van der Waals surface area contributed by atoms with Crippen LogP contribution in [-0.4, -0.2) is 11.7 Å². The van der Waals surface area contributed by atoms with Crippen LogP contribution in [0.15, 0.2) is 46.9 Å². The Balaban J connectivity index is 2.06. The number of hydrogen-bond donors (Lipinski definition) is 2. The first-order valence-electron chi connectivity index (χ1n) is 6.66. The number of para-hydroxylation sites is 2. The van der Waals surface area contributed by atoms with Crippen LogP contribution in [0.2, 0.25) is 0 Å². The number of hydrogen-bond acceptors (Lipinski definition) is 2. The fraction of sp³-hybridized carbons (Fsp3) is 0.188. The molecule has 0 heterocycles. The van der Waals surface area contributed by atoms with Crippen molar-refractivity contribution in [1.29, 1.82) is 0 Å². The molecule has 0 saturated heterocycles. The van der Waals surface area contributed by atoms with E-state index in [4.69, 9.17) is 17.0 Å². The van der Waals surface area contributed by atoms with E-state index in [1.165, 1.54) is 0 Å². The second kappa shape index (κ2) is 7.43. The average Bonchev–Trinajstić information content (AvgIpc) is 2.45. The molecule has 0 amide bonds. The molecule has 0 aliphatic rings. The topological polar surface area (TPSA) is 33.3 Å². The van der Waals surface area contributed by atoms with E-state index in [-0.39, 0.29) is 0 Å². The van der Waals surface area contributed by atoms with Crippen molar-refractivity contribution in [3.8, 4) is 5.75 Å². The van der Waals surface area contributed by atoms with Gasteiger partial charge in [0.25, 0.3) is 0 Å². The molecule has 0 fully saturated rings. The summed E-state index contributed by atoms with van der Waals surface area (Å²) >= 11 is 8.83. The van der Waals surface area contributed by atoms with Gasteiger partial charge in [-0.05, 0) is 62.0 Å². The van der Waals surface area contributed by atoms with Crippen LogP contribution in [0.5, 0.6) is 5.75 Å². The molecule has 0 atom stereocenters. The molecule has 2 aromatic carbocycles. The van der Waals surface area contributed by atoms with Crippen LogP contribution in [-0.2, 0) is 0 Å². The summed E-state index contributed by atoms with van der Waals surface area (Å²) in [5.74, 6) is 0.788. The monoisotopic (exact) mass is 364 g/mol. The third-order valence-electron chi connectivity index (χ3n) is 2.85. The van der Waals surface area contributed by atoms with Crippen LogP contribution in [0.25, 0.3) is 0 Å². The Labute approximate surface area is 138 Å². The quantitative estimate of drug-likeness (QED) is 0.750. The Kier molecular flexibility index (Phi) is 5.59. The normalized spacial score (nSPS) is 10.0. The molecule has 0 spiro atoms. The van der Waals surface area contributed by atoms with Gasteiger partial charge in [0.2, 0.25) is 0 Å². The fourth-order valence-electron chi connectivity index (χ4n) is 1.86. The van der Waals surface area contributed by atoms with Crippen LogP contribution >= 0.6 is 28.1 Å². The molecule has 0 saturated carbocycles. The summed E-state index contributed by atoms with van der Waals surface area (Å²) in [4.78, 5) is 0. The van der Waals surface area contributed by atoms with Gasteiger partial charge in [0, 0.05) is 10.2 Å². The molecule has 0 radical (unpaired) electrons. The van der Waals surface area contributed by atoms with Gasteiger partial charge in [-0.15, -0.1) is 0 Å². The van der Waals surface area contributed by atoms with Crippen LogP contribution in [0.4, 0.5) is 11.4 Å². The van der Waals surface area contributed by atoms with Gasteiger partial charge < -0.3 is 15.4 Å². The Morgan fingerprint density at radius 3 is 2.67 bits per heavy atom. The molecular formula is C16H17BrN2OS. The standard InChI is InChI=1S/C16H17BrN2OS/c1-3-20-15-7-5-4-6-14(15)19-16(21)18-12-8-9-13(17)11(2)10-12/h4-10H,3H2,1-2H3,(H2,18,19,21). The van der Waals surface area contributed by atoms with Crippen molar-refractivity contribution >= 4 is 44.6 Å². The zero-order valence-electron chi connectivity index (χ0n) is 11.9. The number of anilines is 2. The van der Waals surface area contributed by atoms with Gasteiger partial charge in [-0.1, -0.05) is 28.1 Å². The van der Waals surface area contributed by atoms with E-state index in [1.807, 2.05) is 56.3 Å². The van der Waals surface area contributed by atoms with E-state index in [9.17, 15) is 0 Å². The summed E-state index contributed by atoms with van der Waals surface area (Å²) in [6.45, 7) is 4.61. The van der Waals surface area contributed by atoms with E-state index in [0.717, 1.165) is 27.2 Å². The maximum absolute atomic E-state index is 5.57. The third kappa shape index (κ3) is 4.44. The molecule has 5 heteroatoms. The van der Waals surface area contributed by atoms with Crippen molar-refractivity contribution in [3.63, 3.8) is 0 Å². The minimum Gasteiger partial charge on any atom is -0.492 e. The summed E-state index contributed by atoms with van der Waals surface area (Å²) in [5, 5.41) is 6.86. The highest BCUT2D eigenvalue weighted by atomic mass is 79.9. The largest absolute Gasteiger partial charge is 0.492 e. The lowest BCUT2D eigenvalue weighted by Crippen LogP contribution is -2.19. The second-order valence-corrected chi connectivity index (χ2v) is 5.73. The number of benzene rings is 2. The summed E-state index contributed by atoms with van der Waals surface area (Å²) in [5.41, 5.74) is 2.95.